The molecule has 0 bridgehead atoms. The zero-order valence-electron chi connectivity index (χ0n) is 15.0. The Morgan fingerprint density at radius 2 is 1.96 bits per heavy atom. The Bertz CT molecular complexity index is 1100. The standard InChI is InChI=1S/C20H18F2N4O2/c21-14-6-5-13(17(22)11-14)12-25(15-7-8-15)19(27)9-10-26-20(28)16-3-1-2-4-18(16)23-24-26/h1-6,11,15H,7-10,12H2. The van der Waals surface area contributed by atoms with Gasteiger partial charge in [0.1, 0.15) is 17.2 Å². The van der Waals surface area contributed by atoms with Crippen LogP contribution in [0.4, 0.5) is 8.78 Å². The van der Waals surface area contributed by atoms with Crippen molar-refractivity contribution in [3.05, 3.63) is 70.0 Å². The van der Waals surface area contributed by atoms with Crippen molar-refractivity contribution in [1.82, 2.24) is 19.9 Å². The van der Waals surface area contributed by atoms with Crippen molar-refractivity contribution in [1.29, 1.82) is 0 Å². The van der Waals surface area contributed by atoms with E-state index in [-0.39, 0.29) is 42.6 Å². The van der Waals surface area contributed by atoms with E-state index in [2.05, 4.69) is 10.3 Å². The topological polar surface area (TPSA) is 68.1 Å². The SMILES string of the molecule is O=C(CCn1nnc2ccccc2c1=O)N(Cc1ccc(F)cc1F)C1CC1. The number of hydrogen-bond acceptors (Lipinski definition) is 4. The van der Waals surface area contributed by atoms with Gasteiger partial charge in [-0.3, -0.25) is 9.59 Å². The van der Waals surface area contributed by atoms with Crippen LogP contribution in [0.3, 0.4) is 0 Å². The number of benzene rings is 2. The van der Waals surface area contributed by atoms with Crippen molar-refractivity contribution in [3.63, 3.8) is 0 Å². The molecule has 0 unspecified atom stereocenters. The summed E-state index contributed by atoms with van der Waals surface area (Å²) in [4.78, 5) is 26.8. The van der Waals surface area contributed by atoms with Gasteiger partial charge in [-0.2, -0.15) is 0 Å². The van der Waals surface area contributed by atoms with Crippen LogP contribution >= 0.6 is 0 Å². The number of carbonyl (C=O) groups is 1. The van der Waals surface area contributed by atoms with E-state index in [1.807, 2.05) is 0 Å². The fourth-order valence-corrected chi connectivity index (χ4v) is 3.16. The quantitative estimate of drug-likeness (QED) is 0.655. The second-order valence-corrected chi connectivity index (χ2v) is 6.87. The van der Waals surface area contributed by atoms with Crippen LogP contribution in [0, 0.1) is 11.6 Å². The summed E-state index contributed by atoms with van der Waals surface area (Å²) in [6, 6.07) is 10.3. The lowest BCUT2D eigenvalue weighted by molar-refractivity contribution is -0.132. The van der Waals surface area contributed by atoms with E-state index in [1.54, 1.807) is 29.2 Å². The molecule has 0 aliphatic heterocycles. The molecule has 6 nitrogen and oxygen atoms in total. The molecule has 1 amide bonds. The van der Waals surface area contributed by atoms with E-state index in [0.717, 1.165) is 18.9 Å². The molecule has 0 atom stereocenters. The second-order valence-electron chi connectivity index (χ2n) is 6.87. The van der Waals surface area contributed by atoms with Gasteiger partial charge >= 0.3 is 0 Å². The molecule has 1 aromatic heterocycles. The first-order valence-corrected chi connectivity index (χ1v) is 9.09. The maximum atomic E-state index is 14.0. The van der Waals surface area contributed by atoms with E-state index in [9.17, 15) is 18.4 Å². The Morgan fingerprint density at radius 3 is 2.71 bits per heavy atom. The van der Waals surface area contributed by atoms with Gasteiger partial charge in [-0.15, -0.1) is 5.10 Å². The van der Waals surface area contributed by atoms with E-state index < -0.39 is 11.6 Å². The lowest BCUT2D eigenvalue weighted by atomic mass is 10.2. The average molecular weight is 384 g/mol. The summed E-state index contributed by atoms with van der Waals surface area (Å²) in [5.41, 5.74) is 0.465. The fraction of sp³-hybridized carbons (Fsp3) is 0.300. The number of rotatable bonds is 6. The monoisotopic (exact) mass is 384 g/mol. The summed E-state index contributed by atoms with van der Waals surface area (Å²) < 4.78 is 28.2. The molecule has 28 heavy (non-hydrogen) atoms. The molecule has 144 valence electrons. The van der Waals surface area contributed by atoms with Crippen LogP contribution < -0.4 is 5.56 Å². The Balaban J connectivity index is 1.48. The molecule has 1 aliphatic rings. The molecule has 0 N–H and O–H groups in total. The van der Waals surface area contributed by atoms with Gasteiger partial charge in [0.15, 0.2) is 0 Å². The number of hydrogen-bond donors (Lipinski definition) is 0. The Labute approximate surface area is 159 Å². The molecule has 0 radical (unpaired) electrons. The number of fused-ring (bicyclic) bond motifs is 1. The van der Waals surface area contributed by atoms with Crippen molar-refractivity contribution < 1.29 is 13.6 Å². The highest BCUT2D eigenvalue weighted by Crippen LogP contribution is 2.29. The molecule has 1 saturated carbocycles. The maximum Gasteiger partial charge on any atom is 0.277 e. The molecule has 0 saturated heterocycles. The molecule has 0 spiro atoms. The number of carbonyl (C=O) groups excluding carboxylic acids is 1. The molecule has 8 heteroatoms. The Morgan fingerprint density at radius 1 is 1.18 bits per heavy atom. The van der Waals surface area contributed by atoms with Crippen molar-refractivity contribution in [2.75, 3.05) is 0 Å². The smallest absolute Gasteiger partial charge is 0.277 e. The summed E-state index contributed by atoms with van der Waals surface area (Å²) in [5.74, 6) is -1.53. The van der Waals surface area contributed by atoms with Crippen LogP contribution in [-0.4, -0.2) is 31.8 Å². The highest BCUT2D eigenvalue weighted by atomic mass is 19.1. The molecule has 2 aromatic carbocycles. The summed E-state index contributed by atoms with van der Waals surface area (Å²) in [5, 5.41) is 8.33. The predicted molar refractivity (Wildman–Crippen MR) is 98.3 cm³/mol. The number of aryl methyl sites for hydroxylation is 1. The second kappa shape index (κ2) is 7.46. The van der Waals surface area contributed by atoms with Crippen molar-refractivity contribution >= 4 is 16.8 Å². The zero-order chi connectivity index (χ0) is 19.7. The van der Waals surface area contributed by atoms with Gasteiger partial charge in [0, 0.05) is 30.6 Å². The minimum absolute atomic E-state index is 0.0479. The molecular weight excluding hydrogens is 366 g/mol. The first kappa shape index (κ1) is 18.2. The third-order valence-electron chi connectivity index (χ3n) is 4.83. The molecule has 3 aromatic rings. The first-order chi connectivity index (χ1) is 13.5. The van der Waals surface area contributed by atoms with Gasteiger partial charge in [0.2, 0.25) is 5.91 Å². The van der Waals surface area contributed by atoms with E-state index in [0.29, 0.717) is 10.9 Å². The Kier molecular flexibility index (Phi) is 4.85. The van der Waals surface area contributed by atoms with E-state index in [1.165, 1.54) is 16.8 Å². The van der Waals surface area contributed by atoms with Crippen LogP contribution in [0.5, 0.6) is 0 Å². The number of halogens is 2. The maximum absolute atomic E-state index is 14.0. The highest BCUT2D eigenvalue weighted by Gasteiger charge is 2.32. The van der Waals surface area contributed by atoms with Crippen LogP contribution in [0.1, 0.15) is 24.8 Å². The van der Waals surface area contributed by atoms with Crippen LogP contribution in [-0.2, 0) is 17.9 Å². The summed E-state index contributed by atoms with van der Waals surface area (Å²) in [6.45, 7) is 0.165. The average Bonchev–Trinajstić information content (AvgIpc) is 3.52. The van der Waals surface area contributed by atoms with Crippen LogP contribution in [0.2, 0.25) is 0 Å². The van der Waals surface area contributed by atoms with Gasteiger partial charge in [-0.1, -0.05) is 23.4 Å². The molecule has 4 rings (SSSR count). The van der Waals surface area contributed by atoms with Crippen LogP contribution in [0.25, 0.3) is 10.9 Å². The fourth-order valence-electron chi connectivity index (χ4n) is 3.16. The summed E-state index contributed by atoms with van der Waals surface area (Å²) in [6.07, 6.45) is 1.75. The normalized spacial score (nSPS) is 13.6. The third-order valence-corrected chi connectivity index (χ3v) is 4.83. The molecule has 1 fully saturated rings. The number of amides is 1. The van der Waals surface area contributed by atoms with Gasteiger partial charge in [-0.05, 0) is 31.0 Å². The van der Waals surface area contributed by atoms with Gasteiger partial charge < -0.3 is 4.90 Å². The predicted octanol–water partition coefficient (Wildman–Crippen LogP) is 2.65. The lowest BCUT2D eigenvalue weighted by Crippen LogP contribution is -2.35. The van der Waals surface area contributed by atoms with Crippen LogP contribution in [0.15, 0.2) is 47.3 Å². The van der Waals surface area contributed by atoms with Crippen molar-refractivity contribution in [2.24, 2.45) is 0 Å². The zero-order valence-corrected chi connectivity index (χ0v) is 15.0. The minimum atomic E-state index is -0.671. The molecule has 1 heterocycles. The summed E-state index contributed by atoms with van der Waals surface area (Å²) in [7, 11) is 0. The van der Waals surface area contributed by atoms with Gasteiger partial charge in [-0.25, -0.2) is 13.5 Å². The van der Waals surface area contributed by atoms with Gasteiger partial charge in [0.25, 0.3) is 5.56 Å². The molecular formula is C20H18F2N4O2. The molecule has 1 aliphatic carbocycles. The highest BCUT2D eigenvalue weighted by molar-refractivity contribution is 5.77. The minimum Gasteiger partial charge on any atom is -0.335 e. The third kappa shape index (κ3) is 3.76. The largest absolute Gasteiger partial charge is 0.335 e. The summed E-state index contributed by atoms with van der Waals surface area (Å²) >= 11 is 0. The van der Waals surface area contributed by atoms with Gasteiger partial charge in [0.05, 0.1) is 11.9 Å². The lowest BCUT2D eigenvalue weighted by Gasteiger charge is -2.23. The van der Waals surface area contributed by atoms with Crippen molar-refractivity contribution in [3.8, 4) is 0 Å². The van der Waals surface area contributed by atoms with E-state index >= 15 is 0 Å². The number of nitrogens with zero attached hydrogens (tertiary/aromatic N) is 4. The van der Waals surface area contributed by atoms with Crippen molar-refractivity contribution in [2.45, 2.75) is 38.4 Å². The van der Waals surface area contributed by atoms with E-state index in [4.69, 9.17) is 0 Å². The first-order valence-electron chi connectivity index (χ1n) is 9.09. The Hall–Kier alpha value is -3.16. The number of aromatic nitrogens is 3.